The summed E-state index contributed by atoms with van der Waals surface area (Å²) in [5, 5.41) is 0.956. The van der Waals surface area contributed by atoms with Crippen molar-refractivity contribution in [2.75, 3.05) is 26.7 Å². The van der Waals surface area contributed by atoms with Gasteiger partial charge in [0, 0.05) is 35.4 Å². The van der Waals surface area contributed by atoms with E-state index in [9.17, 15) is 18.0 Å². The van der Waals surface area contributed by atoms with E-state index in [1.54, 1.807) is 4.90 Å². The Bertz CT molecular complexity index is 1300. The van der Waals surface area contributed by atoms with Gasteiger partial charge in [0.25, 0.3) is 15.9 Å². The van der Waals surface area contributed by atoms with Crippen molar-refractivity contribution in [1.29, 1.82) is 0 Å². The molecule has 0 saturated carbocycles. The zero-order chi connectivity index (χ0) is 23.2. The minimum atomic E-state index is -3.81. The van der Waals surface area contributed by atoms with Crippen LogP contribution in [0, 0.1) is 0 Å². The molecule has 174 valence electrons. The second-order valence-corrected chi connectivity index (χ2v) is 11.6. The third-order valence-corrected chi connectivity index (χ3v) is 9.96. The minimum absolute atomic E-state index is 0.0427. The molecule has 1 fully saturated rings. The van der Waals surface area contributed by atoms with Crippen LogP contribution in [0.25, 0.3) is 10.9 Å². The summed E-state index contributed by atoms with van der Waals surface area (Å²) in [6, 6.07) is 9.51. The van der Waals surface area contributed by atoms with Crippen LogP contribution in [0.5, 0.6) is 0 Å². The Morgan fingerprint density at radius 1 is 1.09 bits per heavy atom. The molecular formula is C23H25N3O5S2. The highest BCUT2D eigenvalue weighted by Crippen LogP contribution is 2.39. The number of benzene rings is 1. The lowest BCUT2D eigenvalue weighted by molar-refractivity contribution is 0.0595. The summed E-state index contributed by atoms with van der Waals surface area (Å²) < 4.78 is 33.3. The van der Waals surface area contributed by atoms with Gasteiger partial charge in [-0.2, -0.15) is 4.31 Å². The molecular weight excluding hydrogens is 462 g/mol. The summed E-state index contributed by atoms with van der Waals surface area (Å²) in [7, 11) is -2.55. The Morgan fingerprint density at radius 2 is 1.85 bits per heavy atom. The third kappa shape index (κ3) is 3.85. The molecule has 0 bridgehead atoms. The topological polar surface area (TPSA) is 99.8 Å². The fraction of sp³-hybridized carbons (Fsp3) is 0.391. The van der Waals surface area contributed by atoms with E-state index in [0.717, 1.165) is 46.4 Å². The number of aromatic nitrogens is 1. The van der Waals surface area contributed by atoms with Gasteiger partial charge in [-0.25, -0.2) is 13.2 Å². The third-order valence-electron chi connectivity index (χ3n) is 6.35. The van der Waals surface area contributed by atoms with Crippen LogP contribution in [0.4, 0.5) is 0 Å². The Morgan fingerprint density at radius 3 is 2.58 bits per heavy atom. The Balaban J connectivity index is 1.48. The van der Waals surface area contributed by atoms with Crippen LogP contribution in [-0.2, 0) is 27.7 Å². The van der Waals surface area contributed by atoms with Gasteiger partial charge in [0.2, 0.25) is 0 Å². The lowest BCUT2D eigenvalue weighted by Gasteiger charge is -2.26. The number of sulfonamides is 1. The molecule has 1 aromatic carbocycles. The fourth-order valence-electron chi connectivity index (χ4n) is 4.62. The molecule has 1 saturated heterocycles. The maximum Gasteiger partial charge on any atom is 0.340 e. The second-order valence-electron chi connectivity index (χ2n) is 8.37. The molecule has 5 rings (SSSR count). The van der Waals surface area contributed by atoms with Gasteiger partial charge < -0.3 is 14.6 Å². The summed E-state index contributed by atoms with van der Waals surface area (Å²) in [6.45, 7) is 1.56. The molecule has 4 heterocycles. The van der Waals surface area contributed by atoms with Crippen LogP contribution < -0.4 is 0 Å². The van der Waals surface area contributed by atoms with E-state index in [2.05, 4.69) is 4.98 Å². The van der Waals surface area contributed by atoms with Crippen molar-refractivity contribution < 1.29 is 22.7 Å². The first-order valence-electron chi connectivity index (χ1n) is 11.0. The highest BCUT2D eigenvalue weighted by molar-refractivity contribution is 7.91. The van der Waals surface area contributed by atoms with Crippen molar-refractivity contribution in [3.05, 3.63) is 52.0 Å². The SMILES string of the molecule is COC(=O)c1c(S(=O)(=O)N2CCCCC2)sc2c1CCN(C(=O)c1cc3ccccc3[nH]1)C2. The molecule has 0 radical (unpaired) electrons. The summed E-state index contributed by atoms with van der Waals surface area (Å²) in [6.07, 6.45) is 3.02. The van der Waals surface area contributed by atoms with E-state index < -0.39 is 16.0 Å². The molecule has 1 N–H and O–H groups in total. The van der Waals surface area contributed by atoms with Crippen LogP contribution in [0.2, 0.25) is 0 Å². The molecule has 0 spiro atoms. The minimum Gasteiger partial charge on any atom is -0.465 e. The molecule has 2 aromatic heterocycles. The number of para-hydroxylation sites is 1. The molecule has 1 amide bonds. The van der Waals surface area contributed by atoms with Gasteiger partial charge in [-0.1, -0.05) is 24.6 Å². The number of carbonyl (C=O) groups is 2. The number of H-pyrrole nitrogens is 1. The zero-order valence-corrected chi connectivity index (χ0v) is 19.9. The highest BCUT2D eigenvalue weighted by atomic mass is 32.2. The number of piperidine rings is 1. The Labute approximate surface area is 196 Å². The molecule has 0 aliphatic carbocycles. The van der Waals surface area contributed by atoms with E-state index in [1.165, 1.54) is 11.4 Å². The lowest BCUT2D eigenvalue weighted by atomic mass is 10.0. The monoisotopic (exact) mass is 487 g/mol. The first kappa shape index (κ1) is 22.1. The summed E-state index contributed by atoms with van der Waals surface area (Å²) in [5.74, 6) is -0.788. The molecule has 2 aliphatic rings. The molecule has 3 aromatic rings. The Kier molecular flexibility index (Phi) is 5.75. The number of rotatable bonds is 4. The number of hydrogen-bond acceptors (Lipinski definition) is 6. The average Bonchev–Trinajstić information content (AvgIpc) is 3.45. The molecule has 10 heteroatoms. The summed E-state index contributed by atoms with van der Waals surface area (Å²) >= 11 is 1.09. The van der Waals surface area contributed by atoms with Crippen molar-refractivity contribution >= 4 is 44.1 Å². The molecule has 2 aliphatic heterocycles. The average molecular weight is 488 g/mol. The molecule has 0 atom stereocenters. The van der Waals surface area contributed by atoms with Crippen molar-refractivity contribution in [1.82, 2.24) is 14.2 Å². The maximum atomic E-state index is 13.4. The Hall–Kier alpha value is -2.69. The highest BCUT2D eigenvalue weighted by Gasteiger charge is 2.38. The number of hydrogen-bond donors (Lipinski definition) is 1. The number of methoxy groups -OCH3 is 1. The number of amides is 1. The van der Waals surface area contributed by atoms with Gasteiger partial charge in [-0.15, -0.1) is 11.3 Å². The van der Waals surface area contributed by atoms with Gasteiger partial charge in [0.15, 0.2) is 0 Å². The molecule has 8 nitrogen and oxygen atoms in total. The van der Waals surface area contributed by atoms with Crippen molar-refractivity contribution in [3.63, 3.8) is 0 Å². The van der Waals surface area contributed by atoms with Crippen LogP contribution in [0.1, 0.15) is 50.5 Å². The standard InChI is InChI=1S/C23H25N3O5S2/c1-31-22(28)20-16-9-12-25(21(27)18-13-15-7-3-4-8-17(15)24-18)14-19(16)32-23(20)33(29,30)26-10-5-2-6-11-26/h3-4,7-8,13,24H,2,5-6,9-12,14H2,1H3. The van der Waals surface area contributed by atoms with Crippen LogP contribution in [-0.4, -0.2) is 61.2 Å². The molecule has 33 heavy (non-hydrogen) atoms. The smallest absolute Gasteiger partial charge is 0.340 e. The maximum absolute atomic E-state index is 13.4. The number of nitrogens with one attached hydrogen (secondary N) is 1. The first-order chi connectivity index (χ1) is 15.9. The molecule has 0 unspecified atom stereocenters. The number of esters is 1. The number of aromatic amines is 1. The van der Waals surface area contributed by atoms with Gasteiger partial charge >= 0.3 is 5.97 Å². The first-order valence-corrected chi connectivity index (χ1v) is 13.3. The van der Waals surface area contributed by atoms with E-state index in [1.807, 2.05) is 30.3 Å². The van der Waals surface area contributed by atoms with E-state index >= 15 is 0 Å². The number of nitrogens with zero attached hydrogens (tertiary/aromatic N) is 2. The van der Waals surface area contributed by atoms with E-state index in [-0.39, 0.29) is 22.2 Å². The van der Waals surface area contributed by atoms with Crippen molar-refractivity contribution in [2.45, 2.75) is 36.4 Å². The second kappa shape index (κ2) is 8.58. The van der Waals surface area contributed by atoms with Gasteiger partial charge in [0.1, 0.15) is 9.90 Å². The predicted molar refractivity (Wildman–Crippen MR) is 125 cm³/mol. The van der Waals surface area contributed by atoms with Crippen LogP contribution in [0.15, 0.2) is 34.5 Å². The quantitative estimate of drug-likeness (QED) is 0.569. The predicted octanol–water partition coefficient (Wildman–Crippen LogP) is 3.39. The number of carbonyl (C=O) groups excluding carboxylic acids is 2. The van der Waals surface area contributed by atoms with Gasteiger partial charge in [-0.05, 0) is 37.0 Å². The lowest BCUT2D eigenvalue weighted by Crippen LogP contribution is -2.36. The van der Waals surface area contributed by atoms with E-state index in [0.29, 0.717) is 37.3 Å². The van der Waals surface area contributed by atoms with Gasteiger partial charge in [-0.3, -0.25) is 4.79 Å². The normalized spacial score (nSPS) is 17.2. The van der Waals surface area contributed by atoms with Crippen LogP contribution in [0.3, 0.4) is 0 Å². The van der Waals surface area contributed by atoms with Crippen molar-refractivity contribution in [3.8, 4) is 0 Å². The summed E-state index contributed by atoms with van der Waals surface area (Å²) in [4.78, 5) is 31.4. The number of thiophene rings is 1. The fourth-order valence-corrected chi connectivity index (χ4v) is 8.18. The van der Waals surface area contributed by atoms with E-state index in [4.69, 9.17) is 4.74 Å². The largest absolute Gasteiger partial charge is 0.465 e. The number of fused-ring (bicyclic) bond motifs is 2. The van der Waals surface area contributed by atoms with Crippen molar-refractivity contribution in [2.24, 2.45) is 0 Å². The zero-order valence-electron chi connectivity index (χ0n) is 18.3. The van der Waals surface area contributed by atoms with Gasteiger partial charge in [0.05, 0.1) is 19.2 Å². The van der Waals surface area contributed by atoms with Crippen LogP contribution >= 0.6 is 11.3 Å². The number of ether oxygens (including phenoxy) is 1. The summed E-state index contributed by atoms with van der Waals surface area (Å²) in [5.41, 5.74) is 2.20.